The summed E-state index contributed by atoms with van der Waals surface area (Å²) in [5.74, 6) is -2.12. The van der Waals surface area contributed by atoms with Gasteiger partial charge in [-0.15, -0.1) is 11.3 Å². The largest absolute Gasteiger partial charge is 0.417 e. The fourth-order valence-electron chi connectivity index (χ4n) is 4.45. The SMILES string of the molecule is CC.CCCC1CCC(C)N1C(=O)c1nc(C(=O)NCC(C)(C)O)sc1-c1cnc(NCC(F)(F)F)cc1C(F)(F)F. The molecule has 0 aromatic carbocycles. The molecule has 42 heavy (non-hydrogen) atoms. The quantitative estimate of drug-likeness (QED) is 0.274. The van der Waals surface area contributed by atoms with Crippen LogP contribution in [-0.4, -0.2) is 68.7 Å². The normalized spacial score (nSPS) is 17.5. The first-order chi connectivity index (χ1) is 19.4. The lowest BCUT2D eigenvalue weighted by molar-refractivity contribution is -0.137. The number of anilines is 1. The third-order valence-electron chi connectivity index (χ3n) is 6.27. The summed E-state index contributed by atoms with van der Waals surface area (Å²) >= 11 is 0.535. The summed E-state index contributed by atoms with van der Waals surface area (Å²) in [6, 6.07) is 0.0467. The van der Waals surface area contributed by atoms with E-state index in [4.69, 9.17) is 0 Å². The third-order valence-corrected chi connectivity index (χ3v) is 7.36. The van der Waals surface area contributed by atoms with Gasteiger partial charge in [0.25, 0.3) is 11.8 Å². The standard InChI is InChI=1S/C25H31F6N5O3S.C2H6/c1-5-6-14-8-7-13(2)36(14)22(38)18-19(40-21(35-18)20(37)34-11-23(3,4)39)15-10-32-17(33-12-24(26,27)28)9-16(15)25(29,30)31;1-2/h9-10,13-14,39H,5-8,11-12H2,1-4H3,(H,32,33)(H,34,37);1-2H3. The van der Waals surface area contributed by atoms with Gasteiger partial charge in [-0.05, 0) is 46.1 Å². The molecule has 0 radical (unpaired) electrons. The highest BCUT2D eigenvalue weighted by atomic mass is 32.1. The second kappa shape index (κ2) is 14.0. The number of nitrogens with one attached hydrogen (secondary N) is 2. The van der Waals surface area contributed by atoms with E-state index < -0.39 is 53.3 Å². The van der Waals surface area contributed by atoms with Gasteiger partial charge in [0, 0.05) is 30.4 Å². The molecule has 3 heterocycles. The lowest BCUT2D eigenvalue weighted by atomic mass is 10.1. The summed E-state index contributed by atoms with van der Waals surface area (Å²) in [5, 5.41) is 13.9. The Labute approximate surface area is 244 Å². The maximum atomic E-state index is 14.2. The first-order valence-electron chi connectivity index (χ1n) is 13.6. The average Bonchev–Trinajstić information content (AvgIpc) is 3.50. The van der Waals surface area contributed by atoms with Crippen molar-refractivity contribution in [2.24, 2.45) is 0 Å². The summed E-state index contributed by atoms with van der Waals surface area (Å²) in [5.41, 5.74) is -3.60. The van der Waals surface area contributed by atoms with Crippen LogP contribution in [0.3, 0.4) is 0 Å². The minimum Gasteiger partial charge on any atom is -0.389 e. The Morgan fingerprint density at radius 3 is 2.31 bits per heavy atom. The van der Waals surface area contributed by atoms with Crippen LogP contribution >= 0.6 is 11.3 Å². The molecule has 3 rings (SSSR count). The van der Waals surface area contributed by atoms with Gasteiger partial charge in [-0.1, -0.05) is 27.2 Å². The number of hydrogen-bond acceptors (Lipinski definition) is 7. The number of thiazole rings is 1. The third kappa shape index (κ3) is 9.28. The highest BCUT2D eigenvalue weighted by Crippen LogP contribution is 2.42. The minimum atomic E-state index is -5.04. The molecular formula is C27H37F6N5O3S. The Bertz CT molecular complexity index is 1220. The zero-order valence-corrected chi connectivity index (χ0v) is 25.1. The summed E-state index contributed by atoms with van der Waals surface area (Å²) in [7, 11) is 0. The van der Waals surface area contributed by atoms with E-state index in [1.807, 2.05) is 33.0 Å². The van der Waals surface area contributed by atoms with E-state index in [-0.39, 0.29) is 34.2 Å². The van der Waals surface area contributed by atoms with Gasteiger partial charge in [-0.3, -0.25) is 9.59 Å². The number of rotatable bonds is 9. The molecule has 2 amide bonds. The van der Waals surface area contributed by atoms with E-state index in [9.17, 15) is 41.0 Å². The Kier molecular flexibility index (Phi) is 11.8. The molecule has 2 unspecified atom stereocenters. The van der Waals surface area contributed by atoms with Crippen LogP contribution < -0.4 is 10.6 Å². The van der Waals surface area contributed by atoms with Crippen molar-refractivity contribution in [3.63, 3.8) is 0 Å². The number of carbonyl (C=O) groups is 2. The van der Waals surface area contributed by atoms with Crippen molar-refractivity contribution in [1.29, 1.82) is 0 Å². The lowest BCUT2D eigenvalue weighted by Crippen LogP contribution is -2.40. The van der Waals surface area contributed by atoms with Crippen LogP contribution in [0, 0.1) is 0 Å². The molecule has 0 saturated carbocycles. The zero-order valence-electron chi connectivity index (χ0n) is 24.3. The van der Waals surface area contributed by atoms with Crippen molar-refractivity contribution in [2.75, 3.05) is 18.4 Å². The maximum Gasteiger partial charge on any atom is 0.417 e. The second-order valence-electron chi connectivity index (χ2n) is 10.4. The summed E-state index contributed by atoms with van der Waals surface area (Å²) in [6.45, 7) is 8.85. The molecule has 1 saturated heterocycles. The number of alkyl halides is 6. The van der Waals surface area contributed by atoms with Crippen LogP contribution in [-0.2, 0) is 6.18 Å². The van der Waals surface area contributed by atoms with Gasteiger partial charge in [0.1, 0.15) is 18.1 Å². The topological polar surface area (TPSA) is 107 Å². The van der Waals surface area contributed by atoms with Crippen molar-refractivity contribution in [3.05, 3.63) is 28.5 Å². The van der Waals surface area contributed by atoms with E-state index in [0.717, 1.165) is 12.6 Å². The molecule has 3 N–H and O–H groups in total. The first-order valence-corrected chi connectivity index (χ1v) is 14.4. The van der Waals surface area contributed by atoms with Crippen LogP contribution in [0.25, 0.3) is 10.4 Å². The fourth-order valence-corrected chi connectivity index (χ4v) is 5.45. The average molecular weight is 626 g/mol. The van der Waals surface area contributed by atoms with Gasteiger partial charge in [0.05, 0.1) is 16.0 Å². The van der Waals surface area contributed by atoms with Crippen LogP contribution in [0.15, 0.2) is 12.3 Å². The molecular weight excluding hydrogens is 588 g/mol. The number of amides is 2. The second-order valence-corrected chi connectivity index (χ2v) is 11.4. The van der Waals surface area contributed by atoms with E-state index in [2.05, 4.69) is 15.3 Å². The molecule has 1 aliphatic rings. The Hall–Kier alpha value is -2.94. The van der Waals surface area contributed by atoms with Gasteiger partial charge >= 0.3 is 12.4 Å². The fraction of sp³-hybridized carbons (Fsp3) is 0.630. The molecule has 15 heteroatoms. The molecule has 0 bridgehead atoms. The number of pyridine rings is 1. The Morgan fingerprint density at radius 2 is 1.76 bits per heavy atom. The van der Waals surface area contributed by atoms with Gasteiger partial charge < -0.3 is 20.6 Å². The monoisotopic (exact) mass is 625 g/mol. The Balaban J connectivity index is 0.00000301. The maximum absolute atomic E-state index is 14.2. The molecule has 2 aromatic heterocycles. The number of nitrogens with zero attached hydrogens (tertiary/aromatic N) is 3. The van der Waals surface area contributed by atoms with Crippen molar-refractivity contribution in [3.8, 4) is 10.4 Å². The van der Waals surface area contributed by atoms with Crippen LogP contribution in [0.5, 0.6) is 0 Å². The number of likely N-dealkylation sites (tertiary alicyclic amines) is 1. The van der Waals surface area contributed by atoms with Crippen molar-refractivity contribution >= 4 is 29.0 Å². The summed E-state index contributed by atoms with van der Waals surface area (Å²) in [6.07, 6.45) is -6.18. The summed E-state index contributed by atoms with van der Waals surface area (Å²) < 4.78 is 80.4. The number of aliphatic hydroxyl groups is 1. The molecule has 2 atom stereocenters. The highest BCUT2D eigenvalue weighted by Gasteiger charge is 2.40. The molecule has 236 valence electrons. The van der Waals surface area contributed by atoms with Crippen molar-refractivity contribution in [2.45, 2.75) is 97.3 Å². The molecule has 0 spiro atoms. The molecule has 1 aliphatic heterocycles. The minimum absolute atomic E-state index is 0.163. The number of carbonyl (C=O) groups excluding carboxylic acids is 2. The Morgan fingerprint density at radius 1 is 1.12 bits per heavy atom. The lowest BCUT2D eigenvalue weighted by Gasteiger charge is -2.28. The van der Waals surface area contributed by atoms with Crippen molar-refractivity contribution in [1.82, 2.24) is 20.2 Å². The van der Waals surface area contributed by atoms with Crippen LogP contribution in [0.4, 0.5) is 32.2 Å². The first kappa shape index (κ1) is 35.3. The molecule has 2 aromatic rings. The zero-order chi connectivity index (χ0) is 32.0. The van der Waals surface area contributed by atoms with E-state index in [1.165, 1.54) is 13.8 Å². The van der Waals surface area contributed by atoms with E-state index >= 15 is 0 Å². The van der Waals surface area contributed by atoms with Crippen molar-refractivity contribution < 1.29 is 41.0 Å². The molecule has 0 aliphatic carbocycles. The van der Waals surface area contributed by atoms with Gasteiger partial charge in [-0.25, -0.2) is 9.97 Å². The predicted molar refractivity (Wildman–Crippen MR) is 148 cm³/mol. The van der Waals surface area contributed by atoms with Crippen LogP contribution in [0.2, 0.25) is 0 Å². The summed E-state index contributed by atoms with van der Waals surface area (Å²) in [4.78, 5) is 35.8. The van der Waals surface area contributed by atoms with Crippen LogP contribution in [0.1, 0.15) is 93.1 Å². The number of aromatic nitrogens is 2. The molecule has 1 fully saturated rings. The smallest absolute Gasteiger partial charge is 0.389 e. The number of halogens is 6. The van der Waals surface area contributed by atoms with Gasteiger partial charge in [0.2, 0.25) is 0 Å². The van der Waals surface area contributed by atoms with E-state index in [1.54, 1.807) is 4.90 Å². The highest BCUT2D eigenvalue weighted by molar-refractivity contribution is 7.17. The van der Waals surface area contributed by atoms with Gasteiger partial charge in [-0.2, -0.15) is 26.3 Å². The number of hydrogen-bond donors (Lipinski definition) is 3. The molecule has 8 nitrogen and oxygen atoms in total. The van der Waals surface area contributed by atoms with Gasteiger partial charge in [0.15, 0.2) is 5.01 Å². The van der Waals surface area contributed by atoms with E-state index in [0.29, 0.717) is 36.7 Å². The predicted octanol–water partition coefficient (Wildman–Crippen LogP) is 6.52.